The third-order valence-electron chi connectivity index (χ3n) is 5.10. The van der Waals surface area contributed by atoms with Gasteiger partial charge in [0.1, 0.15) is 0 Å². The summed E-state index contributed by atoms with van der Waals surface area (Å²) in [4.78, 5) is 2.66. The number of nitrogens with one attached hydrogen (secondary N) is 1. The molecular formula is C16H32N2. The monoisotopic (exact) mass is 252 g/mol. The van der Waals surface area contributed by atoms with Crippen molar-refractivity contribution in [3.05, 3.63) is 0 Å². The molecule has 3 atom stereocenters. The Bertz CT molecular complexity index is 227. The fourth-order valence-electron chi connectivity index (χ4n) is 3.94. The minimum absolute atomic E-state index is 0.714. The molecule has 2 aliphatic heterocycles. The Balaban J connectivity index is 1.73. The molecule has 0 amide bonds. The molecule has 2 bridgehead atoms. The maximum atomic E-state index is 3.90. The molecular weight excluding hydrogens is 220 g/mol. The van der Waals surface area contributed by atoms with Crippen LogP contribution in [0.4, 0.5) is 0 Å². The molecule has 2 heterocycles. The van der Waals surface area contributed by atoms with Gasteiger partial charge in [-0.25, -0.2) is 0 Å². The molecule has 0 aromatic rings. The number of nitrogens with zero attached hydrogens (tertiary/aromatic N) is 1. The van der Waals surface area contributed by atoms with E-state index in [1.54, 1.807) is 0 Å². The summed E-state index contributed by atoms with van der Waals surface area (Å²) < 4.78 is 0. The van der Waals surface area contributed by atoms with Crippen LogP contribution in [0.25, 0.3) is 0 Å². The van der Waals surface area contributed by atoms with Gasteiger partial charge < -0.3 is 10.2 Å². The quantitative estimate of drug-likeness (QED) is 0.727. The lowest BCUT2D eigenvalue weighted by atomic mass is 9.82. The topological polar surface area (TPSA) is 15.3 Å². The first kappa shape index (κ1) is 14.3. The van der Waals surface area contributed by atoms with E-state index in [0.29, 0.717) is 6.04 Å². The number of hydrogen-bond donors (Lipinski definition) is 1. The maximum Gasteiger partial charge on any atom is 0.0110 e. The minimum Gasteiger partial charge on any atom is -0.311 e. The largest absolute Gasteiger partial charge is 0.311 e. The molecule has 2 saturated heterocycles. The van der Waals surface area contributed by atoms with E-state index in [2.05, 4.69) is 31.1 Å². The third-order valence-corrected chi connectivity index (χ3v) is 5.10. The maximum absolute atomic E-state index is 3.90. The summed E-state index contributed by atoms with van der Waals surface area (Å²) in [6.45, 7) is 4.67. The highest BCUT2D eigenvalue weighted by molar-refractivity contribution is 4.94. The van der Waals surface area contributed by atoms with Crippen LogP contribution in [0.5, 0.6) is 0 Å². The summed E-state index contributed by atoms with van der Waals surface area (Å²) in [5.41, 5.74) is 0. The molecule has 0 saturated carbocycles. The van der Waals surface area contributed by atoms with E-state index in [1.165, 1.54) is 57.8 Å². The molecule has 2 heteroatoms. The van der Waals surface area contributed by atoms with Crippen molar-refractivity contribution in [1.29, 1.82) is 0 Å². The normalized spacial score (nSPS) is 34.5. The molecule has 2 fully saturated rings. The van der Waals surface area contributed by atoms with Gasteiger partial charge in [-0.3, -0.25) is 0 Å². The predicted octanol–water partition coefficient (Wildman–Crippen LogP) is 3.56. The first-order valence-electron chi connectivity index (χ1n) is 8.18. The fourth-order valence-corrected chi connectivity index (χ4v) is 3.94. The average Bonchev–Trinajstić information content (AvgIpc) is 2.31. The molecule has 0 aromatic carbocycles. The van der Waals surface area contributed by atoms with E-state index in [9.17, 15) is 0 Å². The molecule has 18 heavy (non-hydrogen) atoms. The number of unbranched alkanes of at least 4 members (excludes halogenated alkanes) is 2. The molecule has 2 nitrogen and oxygen atoms in total. The Morgan fingerprint density at radius 2 is 1.83 bits per heavy atom. The van der Waals surface area contributed by atoms with Crippen molar-refractivity contribution in [3.8, 4) is 0 Å². The summed E-state index contributed by atoms with van der Waals surface area (Å²) in [7, 11) is 2.34. The fraction of sp³-hybridized carbons (Fsp3) is 1.00. The van der Waals surface area contributed by atoms with Gasteiger partial charge in [-0.2, -0.15) is 0 Å². The van der Waals surface area contributed by atoms with Crippen molar-refractivity contribution < 1.29 is 0 Å². The van der Waals surface area contributed by atoms with Crippen LogP contribution in [0.3, 0.4) is 0 Å². The molecule has 2 rings (SSSR count). The van der Waals surface area contributed by atoms with Gasteiger partial charge in [0.05, 0.1) is 0 Å². The van der Waals surface area contributed by atoms with Gasteiger partial charge >= 0.3 is 0 Å². The minimum atomic E-state index is 0.714. The highest BCUT2D eigenvalue weighted by atomic mass is 15.2. The van der Waals surface area contributed by atoms with Crippen molar-refractivity contribution in [2.45, 2.75) is 95.8 Å². The van der Waals surface area contributed by atoms with E-state index >= 15 is 0 Å². The van der Waals surface area contributed by atoms with Gasteiger partial charge in [0.25, 0.3) is 0 Å². The molecule has 3 unspecified atom stereocenters. The molecule has 0 aliphatic carbocycles. The SMILES string of the molecule is CCCCCC(C)NC1CC2CCCC(C1)N2C. The van der Waals surface area contributed by atoms with Crippen molar-refractivity contribution in [1.82, 2.24) is 10.2 Å². The van der Waals surface area contributed by atoms with Crippen LogP contribution < -0.4 is 5.32 Å². The number of fused-ring (bicyclic) bond motifs is 2. The molecule has 0 spiro atoms. The van der Waals surface area contributed by atoms with Crippen LogP contribution in [0.2, 0.25) is 0 Å². The lowest BCUT2D eigenvalue weighted by Crippen LogP contribution is -2.55. The van der Waals surface area contributed by atoms with E-state index in [1.807, 2.05) is 0 Å². The summed E-state index contributed by atoms with van der Waals surface area (Å²) in [6, 6.07) is 3.22. The smallest absolute Gasteiger partial charge is 0.0110 e. The van der Waals surface area contributed by atoms with Crippen LogP contribution in [-0.4, -0.2) is 36.1 Å². The van der Waals surface area contributed by atoms with E-state index in [4.69, 9.17) is 0 Å². The van der Waals surface area contributed by atoms with Crippen molar-refractivity contribution in [3.63, 3.8) is 0 Å². The second-order valence-electron chi connectivity index (χ2n) is 6.64. The summed E-state index contributed by atoms with van der Waals surface area (Å²) in [5, 5.41) is 3.90. The standard InChI is InChI=1S/C16H32N2/c1-4-5-6-8-13(2)17-14-11-15-9-7-10-16(12-14)18(15)3/h13-17H,4-12H2,1-3H3. The molecule has 2 aliphatic rings. The van der Waals surface area contributed by atoms with Crippen LogP contribution in [0.15, 0.2) is 0 Å². The van der Waals surface area contributed by atoms with Crippen LogP contribution in [0, 0.1) is 0 Å². The Labute approximate surface area is 114 Å². The van der Waals surface area contributed by atoms with Gasteiger partial charge in [-0.05, 0) is 46.1 Å². The van der Waals surface area contributed by atoms with Gasteiger partial charge in [0.15, 0.2) is 0 Å². The summed E-state index contributed by atoms with van der Waals surface area (Å²) >= 11 is 0. The van der Waals surface area contributed by atoms with E-state index < -0.39 is 0 Å². The first-order valence-corrected chi connectivity index (χ1v) is 8.18. The zero-order valence-electron chi connectivity index (χ0n) is 12.6. The number of piperidine rings is 2. The Kier molecular flexibility index (Phi) is 5.50. The second-order valence-corrected chi connectivity index (χ2v) is 6.64. The zero-order chi connectivity index (χ0) is 13.0. The zero-order valence-corrected chi connectivity index (χ0v) is 12.6. The predicted molar refractivity (Wildman–Crippen MR) is 79.0 cm³/mol. The average molecular weight is 252 g/mol. The Hall–Kier alpha value is -0.0800. The van der Waals surface area contributed by atoms with Crippen molar-refractivity contribution in [2.24, 2.45) is 0 Å². The summed E-state index contributed by atoms with van der Waals surface area (Å²) in [5.74, 6) is 0. The van der Waals surface area contributed by atoms with Gasteiger partial charge in [-0.15, -0.1) is 0 Å². The van der Waals surface area contributed by atoms with Gasteiger partial charge in [0, 0.05) is 24.2 Å². The van der Waals surface area contributed by atoms with Gasteiger partial charge in [-0.1, -0.05) is 32.6 Å². The molecule has 1 N–H and O–H groups in total. The molecule has 106 valence electrons. The highest BCUT2D eigenvalue weighted by Crippen LogP contribution is 2.32. The molecule has 0 radical (unpaired) electrons. The summed E-state index contributed by atoms with van der Waals surface area (Å²) in [6.07, 6.45) is 12.6. The van der Waals surface area contributed by atoms with Crippen molar-refractivity contribution in [2.75, 3.05) is 7.05 Å². The number of hydrogen-bond acceptors (Lipinski definition) is 2. The first-order chi connectivity index (χ1) is 8.70. The lowest BCUT2D eigenvalue weighted by Gasteiger charge is -2.47. The Morgan fingerprint density at radius 1 is 1.17 bits per heavy atom. The van der Waals surface area contributed by atoms with Crippen LogP contribution in [-0.2, 0) is 0 Å². The third kappa shape index (κ3) is 3.71. The number of rotatable bonds is 6. The van der Waals surface area contributed by atoms with Crippen molar-refractivity contribution >= 4 is 0 Å². The Morgan fingerprint density at radius 3 is 2.44 bits per heavy atom. The van der Waals surface area contributed by atoms with Crippen LogP contribution in [0.1, 0.15) is 71.6 Å². The van der Waals surface area contributed by atoms with E-state index in [-0.39, 0.29) is 0 Å². The van der Waals surface area contributed by atoms with E-state index in [0.717, 1.165) is 18.1 Å². The van der Waals surface area contributed by atoms with Gasteiger partial charge in [0.2, 0.25) is 0 Å². The highest BCUT2D eigenvalue weighted by Gasteiger charge is 2.35. The lowest BCUT2D eigenvalue weighted by molar-refractivity contribution is 0.0460. The second kappa shape index (κ2) is 6.91. The van der Waals surface area contributed by atoms with Crippen LogP contribution >= 0.6 is 0 Å². The molecule has 0 aromatic heterocycles.